The number of nitrogens with one attached hydrogen (secondary N) is 1. The minimum atomic E-state index is -0.405. The summed E-state index contributed by atoms with van der Waals surface area (Å²) in [5, 5.41) is 13.2. The predicted molar refractivity (Wildman–Crippen MR) is 79.5 cm³/mol. The first-order valence-corrected chi connectivity index (χ1v) is 7.31. The summed E-state index contributed by atoms with van der Waals surface area (Å²) in [6.45, 7) is 5.69. The fraction of sp³-hybridized carbons (Fsp3) is 0.562. The van der Waals surface area contributed by atoms with Crippen LogP contribution >= 0.6 is 0 Å². The standard InChI is InChI=1S/C16H24N2O2/c1-12(2)17-16(20)11-18-9-8-14(15(19)10-18)13-6-4-3-5-7-13/h3-7,12,14-15,19H,8-11H2,1-2H3,(H,17,20)/t14-,15-/m1/s1. The summed E-state index contributed by atoms with van der Waals surface area (Å²) in [5.41, 5.74) is 1.19. The number of rotatable bonds is 4. The van der Waals surface area contributed by atoms with Gasteiger partial charge in [-0.3, -0.25) is 9.69 Å². The molecule has 4 heteroatoms. The first-order chi connectivity index (χ1) is 9.56. The number of aliphatic hydroxyl groups is 1. The average Bonchev–Trinajstić information content (AvgIpc) is 2.38. The van der Waals surface area contributed by atoms with Gasteiger partial charge < -0.3 is 10.4 Å². The second-order valence-electron chi connectivity index (χ2n) is 5.83. The SMILES string of the molecule is CC(C)NC(=O)CN1CC[C@H](c2ccccc2)[C@H](O)C1. The first kappa shape index (κ1) is 15.0. The van der Waals surface area contributed by atoms with Crippen LogP contribution in [0, 0.1) is 0 Å². The normalized spacial score (nSPS) is 23.8. The molecule has 1 aromatic rings. The number of hydrogen-bond donors (Lipinski definition) is 2. The number of likely N-dealkylation sites (tertiary alicyclic amines) is 1. The fourth-order valence-electron chi connectivity index (χ4n) is 2.80. The Morgan fingerprint density at radius 2 is 2.10 bits per heavy atom. The summed E-state index contributed by atoms with van der Waals surface area (Å²) in [6, 6.07) is 10.3. The minimum Gasteiger partial charge on any atom is -0.391 e. The van der Waals surface area contributed by atoms with Gasteiger partial charge in [-0.15, -0.1) is 0 Å². The third-order valence-corrected chi connectivity index (χ3v) is 3.71. The van der Waals surface area contributed by atoms with E-state index in [0.29, 0.717) is 13.1 Å². The van der Waals surface area contributed by atoms with Gasteiger partial charge in [0.1, 0.15) is 0 Å². The summed E-state index contributed by atoms with van der Waals surface area (Å²) >= 11 is 0. The lowest BCUT2D eigenvalue weighted by atomic mass is 9.87. The smallest absolute Gasteiger partial charge is 0.234 e. The molecule has 1 fully saturated rings. The second-order valence-corrected chi connectivity index (χ2v) is 5.83. The summed E-state index contributed by atoms with van der Waals surface area (Å²) in [7, 11) is 0. The molecule has 1 heterocycles. The summed E-state index contributed by atoms with van der Waals surface area (Å²) in [6.07, 6.45) is 0.484. The van der Waals surface area contributed by atoms with Crippen molar-refractivity contribution in [2.75, 3.05) is 19.6 Å². The van der Waals surface area contributed by atoms with Gasteiger partial charge in [-0.25, -0.2) is 0 Å². The Labute approximate surface area is 120 Å². The highest BCUT2D eigenvalue weighted by molar-refractivity contribution is 5.78. The molecule has 0 saturated carbocycles. The number of aliphatic hydroxyl groups excluding tert-OH is 1. The number of nitrogens with zero attached hydrogens (tertiary/aromatic N) is 1. The van der Waals surface area contributed by atoms with Gasteiger partial charge in [-0.05, 0) is 32.4 Å². The van der Waals surface area contributed by atoms with Gasteiger partial charge >= 0.3 is 0 Å². The molecule has 2 atom stereocenters. The van der Waals surface area contributed by atoms with E-state index < -0.39 is 6.10 Å². The highest BCUT2D eigenvalue weighted by Gasteiger charge is 2.29. The number of carbonyl (C=O) groups is 1. The van der Waals surface area contributed by atoms with Crippen molar-refractivity contribution in [2.24, 2.45) is 0 Å². The topological polar surface area (TPSA) is 52.6 Å². The van der Waals surface area contributed by atoms with Crippen molar-refractivity contribution >= 4 is 5.91 Å². The maximum Gasteiger partial charge on any atom is 0.234 e. The zero-order chi connectivity index (χ0) is 14.5. The lowest BCUT2D eigenvalue weighted by Crippen LogP contribution is -2.47. The Bertz CT molecular complexity index is 433. The summed E-state index contributed by atoms with van der Waals surface area (Å²) in [4.78, 5) is 13.8. The van der Waals surface area contributed by atoms with Crippen molar-refractivity contribution in [3.8, 4) is 0 Å². The van der Waals surface area contributed by atoms with Crippen LogP contribution in [0.4, 0.5) is 0 Å². The molecule has 1 saturated heterocycles. The van der Waals surface area contributed by atoms with E-state index in [2.05, 4.69) is 17.4 Å². The molecule has 4 nitrogen and oxygen atoms in total. The number of hydrogen-bond acceptors (Lipinski definition) is 3. The van der Waals surface area contributed by atoms with Crippen LogP contribution < -0.4 is 5.32 Å². The van der Waals surface area contributed by atoms with Crippen LogP contribution in [0.25, 0.3) is 0 Å². The molecule has 0 spiro atoms. The Kier molecular flexibility index (Phi) is 5.15. The lowest BCUT2D eigenvalue weighted by molar-refractivity contribution is -0.123. The molecule has 0 bridgehead atoms. The van der Waals surface area contributed by atoms with E-state index >= 15 is 0 Å². The van der Waals surface area contributed by atoms with Crippen LogP contribution in [0.3, 0.4) is 0 Å². The second kappa shape index (κ2) is 6.86. The Morgan fingerprint density at radius 1 is 1.40 bits per heavy atom. The molecule has 1 aromatic carbocycles. The zero-order valence-electron chi connectivity index (χ0n) is 12.2. The molecule has 110 valence electrons. The van der Waals surface area contributed by atoms with Crippen molar-refractivity contribution in [3.63, 3.8) is 0 Å². The van der Waals surface area contributed by atoms with E-state index in [0.717, 1.165) is 13.0 Å². The van der Waals surface area contributed by atoms with Gasteiger partial charge in [-0.2, -0.15) is 0 Å². The van der Waals surface area contributed by atoms with Crippen LogP contribution in [0.5, 0.6) is 0 Å². The molecular formula is C16H24N2O2. The van der Waals surface area contributed by atoms with Crippen molar-refractivity contribution in [1.29, 1.82) is 0 Å². The highest BCUT2D eigenvalue weighted by Crippen LogP contribution is 2.27. The van der Waals surface area contributed by atoms with Crippen LogP contribution in [0.15, 0.2) is 30.3 Å². The molecule has 1 aliphatic rings. The predicted octanol–water partition coefficient (Wildman–Crippen LogP) is 1.36. The van der Waals surface area contributed by atoms with E-state index in [9.17, 15) is 9.90 Å². The summed E-state index contributed by atoms with van der Waals surface area (Å²) in [5.74, 6) is 0.214. The van der Waals surface area contributed by atoms with Crippen molar-refractivity contribution < 1.29 is 9.90 Å². The van der Waals surface area contributed by atoms with Gasteiger partial charge in [-0.1, -0.05) is 30.3 Å². The zero-order valence-corrected chi connectivity index (χ0v) is 12.2. The van der Waals surface area contributed by atoms with E-state index in [-0.39, 0.29) is 17.9 Å². The molecule has 1 aliphatic heterocycles. The van der Waals surface area contributed by atoms with Crippen LogP contribution in [-0.2, 0) is 4.79 Å². The van der Waals surface area contributed by atoms with E-state index in [1.54, 1.807) is 0 Å². The van der Waals surface area contributed by atoms with Gasteiger partial charge in [0.05, 0.1) is 12.6 Å². The quantitative estimate of drug-likeness (QED) is 0.873. The Balaban J connectivity index is 1.88. The maximum absolute atomic E-state index is 11.7. The van der Waals surface area contributed by atoms with E-state index in [4.69, 9.17) is 0 Å². The van der Waals surface area contributed by atoms with Gasteiger partial charge in [0, 0.05) is 18.5 Å². The van der Waals surface area contributed by atoms with E-state index in [1.807, 2.05) is 36.9 Å². The van der Waals surface area contributed by atoms with Crippen molar-refractivity contribution in [3.05, 3.63) is 35.9 Å². The third-order valence-electron chi connectivity index (χ3n) is 3.71. The largest absolute Gasteiger partial charge is 0.391 e. The molecular weight excluding hydrogens is 252 g/mol. The number of piperidine rings is 1. The lowest BCUT2D eigenvalue weighted by Gasteiger charge is -2.35. The van der Waals surface area contributed by atoms with Gasteiger partial charge in [0.25, 0.3) is 0 Å². The van der Waals surface area contributed by atoms with Crippen molar-refractivity contribution in [2.45, 2.75) is 38.3 Å². The van der Waals surface area contributed by atoms with Crippen LogP contribution in [0.2, 0.25) is 0 Å². The van der Waals surface area contributed by atoms with Gasteiger partial charge in [0.15, 0.2) is 0 Å². The Morgan fingerprint density at radius 3 is 2.70 bits per heavy atom. The van der Waals surface area contributed by atoms with Gasteiger partial charge in [0.2, 0.25) is 5.91 Å². The molecule has 2 rings (SSSR count). The molecule has 1 amide bonds. The summed E-state index contributed by atoms with van der Waals surface area (Å²) < 4.78 is 0. The molecule has 2 N–H and O–H groups in total. The minimum absolute atomic E-state index is 0.0327. The Hall–Kier alpha value is -1.39. The van der Waals surface area contributed by atoms with Crippen LogP contribution in [-0.4, -0.2) is 47.7 Å². The molecule has 0 radical (unpaired) electrons. The molecule has 0 unspecified atom stereocenters. The molecule has 0 aliphatic carbocycles. The third kappa shape index (κ3) is 4.05. The highest BCUT2D eigenvalue weighted by atomic mass is 16.3. The average molecular weight is 276 g/mol. The number of amides is 1. The fourth-order valence-corrected chi connectivity index (χ4v) is 2.80. The maximum atomic E-state index is 11.7. The number of β-amino-alcohol motifs (C(OH)–C–C–N with tert-alkyl or cyclic N) is 1. The van der Waals surface area contributed by atoms with Crippen molar-refractivity contribution in [1.82, 2.24) is 10.2 Å². The molecule has 20 heavy (non-hydrogen) atoms. The van der Waals surface area contributed by atoms with Crippen LogP contribution in [0.1, 0.15) is 31.7 Å². The first-order valence-electron chi connectivity index (χ1n) is 7.31. The monoisotopic (exact) mass is 276 g/mol. The number of carbonyl (C=O) groups excluding carboxylic acids is 1. The van der Waals surface area contributed by atoms with E-state index in [1.165, 1.54) is 5.56 Å². The number of benzene rings is 1. The molecule has 0 aromatic heterocycles.